The Balaban J connectivity index is 1.57. The van der Waals surface area contributed by atoms with E-state index >= 15 is 0 Å². The van der Waals surface area contributed by atoms with E-state index in [0.717, 1.165) is 36.7 Å². The second-order valence-electron chi connectivity index (χ2n) is 8.84. The summed E-state index contributed by atoms with van der Waals surface area (Å²) < 4.78 is 5.27. The van der Waals surface area contributed by atoms with Gasteiger partial charge in [0.05, 0.1) is 17.7 Å². The first-order valence-electron chi connectivity index (χ1n) is 11.6. The van der Waals surface area contributed by atoms with E-state index in [4.69, 9.17) is 16.3 Å². The van der Waals surface area contributed by atoms with Gasteiger partial charge >= 0.3 is 0 Å². The van der Waals surface area contributed by atoms with Gasteiger partial charge in [-0.3, -0.25) is 14.5 Å². The molecular formula is C27H26ClN3O4S. The number of thiophene rings is 1. The lowest BCUT2D eigenvalue weighted by atomic mass is 9.99. The van der Waals surface area contributed by atoms with Crippen LogP contribution in [0, 0.1) is 0 Å². The van der Waals surface area contributed by atoms with E-state index < -0.39 is 17.7 Å². The van der Waals surface area contributed by atoms with Crippen LogP contribution in [0.2, 0.25) is 5.02 Å². The quantitative estimate of drug-likeness (QED) is 0.294. The maximum atomic E-state index is 13.4. The lowest BCUT2D eigenvalue weighted by Crippen LogP contribution is -2.44. The summed E-state index contributed by atoms with van der Waals surface area (Å²) in [7, 11) is 3.61. The largest absolute Gasteiger partial charge is 0.507 e. The van der Waals surface area contributed by atoms with Crippen molar-refractivity contribution in [2.45, 2.75) is 6.04 Å². The van der Waals surface area contributed by atoms with Crippen LogP contribution in [-0.2, 0) is 9.59 Å². The number of nitrogens with zero attached hydrogens (tertiary/aromatic N) is 3. The number of carbonyl (C=O) groups is 2. The third-order valence-corrected chi connectivity index (χ3v) is 7.94. The molecule has 1 unspecified atom stereocenters. The van der Waals surface area contributed by atoms with Gasteiger partial charge in [-0.25, -0.2) is 0 Å². The van der Waals surface area contributed by atoms with E-state index in [9.17, 15) is 14.7 Å². The molecule has 186 valence electrons. The summed E-state index contributed by atoms with van der Waals surface area (Å²) in [6.07, 6.45) is 0. The first-order valence-corrected chi connectivity index (χ1v) is 12.9. The normalized spacial score (nSPS) is 20.2. The number of hydrogen-bond acceptors (Lipinski definition) is 7. The minimum absolute atomic E-state index is 0.000692. The van der Waals surface area contributed by atoms with Gasteiger partial charge in [-0.2, -0.15) is 0 Å². The van der Waals surface area contributed by atoms with Crippen LogP contribution in [0.5, 0.6) is 5.75 Å². The number of hydrogen-bond donors (Lipinski definition) is 1. The Kier molecular flexibility index (Phi) is 6.75. The van der Waals surface area contributed by atoms with Gasteiger partial charge in [-0.15, -0.1) is 11.3 Å². The molecule has 7 nitrogen and oxygen atoms in total. The van der Waals surface area contributed by atoms with Crippen LogP contribution in [0.15, 0.2) is 65.6 Å². The average Bonchev–Trinajstić information content (AvgIpc) is 3.51. The first-order chi connectivity index (χ1) is 17.4. The highest BCUT2D eigenvalue weighted by Crippen LogP contribution is 2.44. The number of anilines is 2. The molecule has 2 aromatic carbocycles. The van der Waals surface area contributed by atoms with Crippen molar-refractivity contribution in [2.24, 2.45) is 0 Å². The van der Waals surface area contributed by atoms with E-state index in [1.165, 1.54) is 23.3 Å². The van der Waals surface area contributed by atoms with E-state index in [2.05, 4.69) is 16.8 Å². The number of ketones is 1. The van der Waals surface area contributed by atoms with Gasteiger partial charge in [0, 0.05) is 48.0 Å². The summed E-state index contributed by atoms with van der Waals surface area (Å²) in [4.78, 5) is 33.5. The SMILES string of the molecule is COc1ccc(Cl)c(/C(O)=C2/C(=O)C(=O)N(c3ccc(N4CCN(C)CC4)cc3)C2c2cccs2)c1. The van der Waals surface area contributed by atoms with Crippen LogP contribution < -0.4 is 14.5 Å². The number of likely N-dealkylation sites (N-methyl/N-ethyl adjacent to an activating group) is 1. The van der Waals surface area contributed by atoms with Crippen LogP contribution in [0.3, 0.4) is 0 Å². The monoisotopic (exact) mass is 523 g/mol. The van der Waals surface area contributed by atoms with Gasteiger partial charge in [-0.1, -0.05) is 17.7 Å². The van der Waals surface area contributed by atoms with E-state index in [-0.39, 0.29) is 21.9 Å². The highest BCUT2D eigenvalue weighted by Gasteiger charge is 2.47. The average molecular weight is 524 g/mol. The molecule has 1 N–H and O–H groups in total. The molecule has 36 heavy (non-hydrogen) atoms. The second kappa shape index (κ2) is 9.97. The molecular weight excluding hydrogens is 498 g/mol. The van der Waals surface area contributed by atoms with Crippen molar-refractivity contribution in [1.82, 2.24) is 4.90 Å². The molecule has 1 amide bonds. The van der Waals surface area contributed by atoms with Crippen LogP contribution in [-0.4, -0.2) is 62.0 Å². The third-order valence-electron chi connectivity index (χ3n) is 6.68. The number of aliphatic hydroxyl groups excluding tert-OH is 1. The number of methoxy groups -OCH3 is 1. The number of rotatable bonds is 5. The molecule has 2 aliphatic heterocycles. The molecule has 1 atom stereocenters. The molecule has 1 aromatic heterocycles. The topological polar surface area (TPSA) is 73.3 Å². The van der Waals surface area contributed by atoms with Gasteiger partial charge < -0.3 is 19.6 Å². The molecule has 5 rings (SSSR count). The second-order valence-corrected chi connectivity index (χ2v) is 10.2. The van der Waals surface area contributed by atoms with Crippen molar-refractivity contribution in [3.63, 3.8) is 0 Å². The van der Waals surface area contributed by atoms with Gasteiger partial charge in [-0.05, 0) is 61.0 Å². The highest BCUT2D eigenvalue weighted by atomic mass is 35.5. The smallest absolute Gasteiger partial charge is 0.300 e. The number of Topliss-reactive ketones (excluding diaryl/α,β-unsaturated/α-hetero) is 1. The molecule has 2 saturated heterocycles. The van der Waals surface area contributed by atoms with Crippen molar-refractivity contribution in [3.8, 4) is 5.75 Å². The van der Waals surface area contributed by atoms with Gasteiger partial charge in [0.25, 0.3) is 11.7 Å². The predicted molar refractivity (Wildman–Crippen MR) is 143 cm³/mol. The standard InChI is InChI=1S/C27H26ClN3O4S/c1-29-11-13-30(14-12-29)17-5-7-18(8-6-17)31-24(22-4-3-15-36-22)23(26(33)27(31)34)25(32)20-16-19(35-2)9-10-21(20)28/h3-10,15-16,24,32H,11-14H2,1-2H3/b25-23-. The summed E-state index contributed by atoms with van der Waals surface area (Å²) in [6.45, 7) is 3.83. The third kappa shape index (κ3) is 4.36. The number of benzene rings is 2. The van der Waals surface area contributed by atoms with E-state index in [1.807, 2.05) is 41.8 Å². The van der Waals surface area contributed by atoms with Crippen molar-refractivity contribution in [2.75, 3.05) is 50.1 Å². The summed E-state index contributed by atoms with van der Waals surface area (Å²) in [5, 5.41) is 13.4. The minimum atomic E-state index is -0.776. The summed E-state index contributed by atoms with van der Waals surface area (Å²) in [6, 6.07) is 15.4. The lowest BCUT2D eigenvalue weighted by Gasteiger charge is -2.34. The van der Waals surface area contributed by atoms with Gasteiger partial charge in [0.2, 0.25) is 0 Å². The fourth-order valence-electron chi connectivity index (χ4n) is 4.66. The zero-order chi connectivity index (χ0) is 25.4. The number of aliphatic hydroxyl groups is 1. The van der Waals surface area contributed by atoms with Crippen LogP contribution in [0.4, 0.5) is 11.4 Å². The molecule has 0 radical (unpaired) electrons. The maximum absolute atomic E-state index is 13.4. The Hall–Kier alpha value is -3.33. The zero-order valence-corrected chi connectivity index (χ0v) is 21.6. The Bertz CT molecular complexity index is 1320. The molecule has 0 bridgehead atoms. The van der Waals surface area contributed by atoms with E-state index in [0.29, 0.717) is 11.4 Å². The predicted octanol–water partition coefficient (Wildman–Crippen LogP) is 4.79. The zero-order valence-electron chi connectivity index (χ0n) is 20.0. The number of ether oxygens (including phenoxy) is 1. The molecule has 2 aliphatic rings. The summed E-state index contributed by atoms with van der Waals surface area (Å²) in [5.74, 6) is -1.30. The first kappa shape index (κ1) is 24.4. The lowest BCUT2D eigenvalue weighted by molar-refractivity contribution is -0.132. The molecule has 3 aromatic rings. The Labute approximate surface area is 218 Å². The molecule has 2 fully saturated rings. The number of piperazine rings is 1. The Morgan fingerprint density at radius 2 is 1.72 bits per heavy atom. The highest BCUT2D eigenvalue weighted by molar-refractivity contribution is 7.10. The molecule has 0 saturated carbocycles. The Morgan fingerprint density at radius 1 is 1.03 bits per heavy atom. The number of amides is 1. The minimum Gasteiger partial charge on any atom is -0.507 e. The number of carbonyl (C=O) groups excluding carboxylic acids is 2. The van der Waals surface area contributed by atoms with Crippen molar-refractivity contribution >= 4 is 51.8 Å². The fraction of sp³-hybridized carbons (Fsp3) is 0.259. The van der Waals surface area contributed by atoms with Crippen molar-refractivity contribution in [1.29, 1.82) is 0 Å². The van der Waals surface area contributed by atoms with Crippen LogP contribution in [0.1, 0.15) is 16.5 Å². The van der Waals surface area contributed by atoms with Crippen molar-refractivity contribution in [3.05, 3.63) is 81.0 Å². The maximum Gasteiger partial charge on any atom is 0.300 e. The summed E-state index contributed by atoms with van der Waals surface area (Å²) in [5.41, 5.74) is 1.89. The van der Waals surface area contributed by atoms with Crippen LogP contribution in [0.25, 0.3) is 5.76 Å². The molecule has 3 heterocycles. The van der Waals surface area contributed by atoms with Crippen molar-refractivity contribution < 1.29 is 19.4 Å². The van der Waals surface area contributed by atoms with Crippen LogP contribution >= 0.6 is 22.9 Å². The summed E-state index contributed by atoms with van der Waals surface area (Å²) >= 11 is 7.79. The Morgan fingerprint density at radius 3 is 2.36 bits per heavy atom. The molecule has 0 spiro atoms. The fourth-order valence-corrected chi connectivity index (χ4v) is 5.69. The van der Waals surface area contributed by atoms with Gasteiger partial charge in [0.15, 0.2) is 0 Å². The van der Waals surface area contributed by atoms with E-state index in [1.54, 1.807) is 18.2 Å². The molecule has 9 heteroatoms. The number of halogens is 1. The molecule has 0 aliphatic carbocycles. The van der Waals surface area contributed by atoms with Gasteiger partial charge in [0.1, 0.15) is 17.6 Å².